The molecular formula is C17H16BrFN2O3. The Morgan fingerprint density at radius 2 is 1.75 bits per heavy atom. The van der Waals surface area contributed by atoms with Gasteiger partial charge in [-0.1, -0.05) is 6.07 Å². The van der Waals surface area contributed by atoms with E-state index in [9.17, 15) is 14.0 Å². The van der Waals surface area contributed by atoms with Gasteiger partial charge in [-0.05, 0) is 71.2 Å². The van der Waals surface area contributed by atoms with Gasteiger partial charge in [0.1, 0.15) is 11.6 Å². The van der Waals surface area contributed by atoms with E-state index in [4.69, 9.17) is 4.74 Å². The zero-order valence-corrected chi connectivity index (χ0v) is 14.7. The third kappa shape index (κ3) is 5.06. The average Bonchev–Trinajstić information content (AvgIpc) is 2.52. The van der Waals surface area contributed by atoms with Crippen LogP contribution in [0.1, 0.15) is 21.5 Å². The van der Waals surface area contributed by atoms with Gasteiger partial charge < -0.3 is 4.74 Å². The molecule has 0 aliphatic heterocycles. The second-order valence-corrected chi connectivity index (χ2v) is 6.09. The number of aryl methyl sites for hydroxylation is 2. The summed E-state index contributed by atoms with van der Waals surface area (Å²) in [6.45, 7) is 3.60. The molecule has 2 amide bonds. The highest BCUT2D eigenvalue weighted by Crippen LogP contribution is 2.17. The molecule has 0 heterocycles. The Hall–Kier alpha value is -2.41. The van der Waals surface area contributed by atoms with Gasteiger partial charge in [-0.25, -0.2) is 4.39 Å². The summed E-state index contributed by atoms with van der Waals surface area (Å²) in [6.07, 6.45) is 0. The number of hydrazine groups is 1. The third-order valence-electron chi connectivity index (χ3n) is 3.05. The third-order valence-corrected chi connectivity index (χ3v) is 3.75. The quantitative estimate of drug-likeness (QED) is 0.783. The molecule has 0 atom stereocenters. The van der Waals surface area contributed by atoms with E-state index in [0.29, 0.717) is 10.2 Å². The smallest absolute Gasteiger partial charge is 0.276 e. The van der Waals surface area contributed by atoms with Crippen LogP contribution in [0.5, 0.6) is 5.75 Å². The summed E-state index contributed by atoms with van der Waals surface area (Å²) in [5.74, 6) is -1.15. The van der Waals surface area contributed by atoms with Crippen molar-refractivity contribution >= 4 is 27.7 Å². The summed E-state index contributed by atoms with van der Waals surface area (Å²) in [6, 6.07) is 9.30. The van der Waals surface area contributed by atoms with Crippen molar-refractivity contribution in [3.8, 4) is 5.75 Å². The first-order valence-corrected chi connectivity index (χ1v) is 7.90. The number of halogens is 2. The van der Waals surface area contributed by atoms with Crippen molar-refractivity contribution in [2.45, 2.75) is 13.8 Å². The van der Waals surface area contributed by atoms with E-state index >= 15 is 0 Å². The predicted molar refractivity (Wildman–Crippen MR) is 91.1 cm³/mol. The minimum Gasteiger partial charge on any atom is -0.484 e. The monoisotopic (exact) mass is 394 g/mol. The van der Waals surface area contributed by atoms with Gasteiger partial charge in [-0.15, -0.1) is 0 Å². The van der Waals surface area contributed by atoms with Gasteiger partial charge in [0.05, 0.1) is 5.56 Å². The molecule has 0 radical (unpaired) electrons. The van der Waals surface area contributed by atoms with E-state index in [1.165, 1.54) is 12.1 Å². The predicted octanol–water partition coefficient (Wildman–Crippen LogP) is 3.05. The van der Waals surface area contributed by atoms with Crippen LogP contribution < -0.4 is 15.6 Å². The molecule has 2 aromatic carbocycles. The van der Waals surface area contributed by atoms with Crippen molar-refractivity contribution < 1.29 is 18.7 Å². The molecule has 0 bridgehead atoms. The van der Waals surface area contributed by atoms with Crippen molar-refractivity contribution in [2.75, 3.05) is 6.61 Å². The van der Waals surface area contributed by atoms with Crippen molar-refractivity contribution in [1.82, 2.24) is 10.9 Å². The molecule has 0 aliphatic carbocycles. The van der Waals surface area contributed by atoms with Crippen molar-refractivity contribution in [2.24, 2.45) is 0 Å². The van der Waals surface area contributed by atoms with Gasteiger partial charge in [-0.2, -0.15) is 0 Å². The number of benzene rings is 2. The molecule has 2 aromatic rings. The lowest BCUT2D eigenvalue weighted by Gasteiger charge is -2.10. The molecule has 126 valence electrons. The molecular weight excluding hydrogens is 379 g/mol. The largest absolute Gasteiger partial charge is 0.484 e. The first kappa shape index (κ1) is 17.9. The van der Waals surface area contributed by atoms with Crippen LogP contribution >= 0.6 is 15.9 Å². The molecule has 0 saturated heterocycles. The second kappa shape index (κ2) is 7.92. The fourth-order valence-electron chi connectivity index (χ4n) is 2.07. The lowest BCUT2D eigenvalue weighted by atomic mass is 10.1. The number of nitrogens with one attached hydrogen (secondary N) is 2. The van der Waals surface area contributed by atoms with Crippen LogP contribution in [0, 0.1) is 19.7 Å². The summed E-state index contributed by atoms with van der Waals surface area (Å²) in [5, 5.41) is 0. The van der Waals surface area contributed by atoms with E-state index < -0.39 is 17.6 Å². The minimum atomic E-state index is -0.638. The lowest BCUT2D eigenvalue weighted by molar-refractivity contribution is -0.123. The number of amides is 2. The first-order valence-electron chi connectivity index (χ1n) is 7.10. The maximum atomic E-state index is 13.2. The molecule has 0 saturated carbocycles. The highest BCUT2D eigenvalue weighted by molar-refractivity contribution is 9.10. The maximum Gasteiger partial charge on any atom is 0.276 e. The number of hydrogen-bond donors (Lipinski definition) is 2. The summed E-state index contributed by atoms with van der Waals surface area (Å²) in [7, 11) is 0. The molecule has 0 aliphatic rings. The van der Waals surface area contributed by atoms with Crippen molar-refractivity contribution in [3.05, 3.63) is 63.4 Å². The van der Waals surface area contributed by atoms with Gasteiger partial charge >= 0.3 is 0 Å². The number of rotatable bonds is 4. The summed E-state index contributed by atoms with van der Waals surface area (Å²) in [5.41, 5.74) is 6.55. The van der Waals surface area contributed by atoms with Gasteiger partial charge in [-0.3, -0.25) is 20.4 Å². The minimum absolute atomic E-state index is 0.0746. The van der Waals surface area contributed by atoms with Crippen LogP contribution in [0.15, 0.2) is 40.9 Å². The molecule has 2 N–H and O–H groups in total. The van der Waals surface area contributed by atoms with Crippen LogP contribution in [0.25, 0.3) is 0 Å². The topological polar surface area (TPSA) is 67.4 Å². The summed E-state index contributed by atoms with van der Waals surface area (Å²) < 4.78 is 19.0. The molecule has 5 nitrogen and oxygen atoms in total. The highest BCUT2D eigenvalue weighted by atomic mass is 79.9. The number of hydrogen-bond acceptors (Lipinski definition) is 3. The van der Waals surface area contributed by atoms with Crippen LogP contribution in [0.3, 0.4) is 0 Å². The Morgan fingerprint density at radius 1 is 1.08 bits per heavy atom. The Morgan fingerprint density at radius 3 is 2.42 bits per heavy atom. The van der Waals surface area contributed by atoms with E-state index in [-0.39, 0.29) is 12.2 Å². The fraction of sp³-hybridized carbons (Fsp3) is 0.176. The Balaban J connectivity index is 1.86. The zero-order chi connectivity index (χ0) is 17.7. The Bertz CT molecular complexity index is 760. The Kier molecular flexibility index (Phi) is 5.92. The molecule has 0 spiro atoms. The number of carbonyl (C=O) groups excluding carboxylic acids is 2. The molecule has 0 unspecified atom stereocenters. The standard InChI is InChI=1S/C17H16BrFN2O3/c1-10-5-11(2)7-13(6-10)24-9-16(22)20-21-17(23)14-8-12(19)3-4-15(14)18/h3-8H,9H2,1-2H3,(H,20,22)(H,21,23). The van der Waals surface area contributed by atoms with E-state index in [1.807, 2.05) is 32.0 Å². The van der Waals surface area contributed by atoms with Crippen LogP contribution in [-0.2, 0) is 4.79 Å². The Labute approximate surface area is 147 Å². The zero-order valence-electron chi connectivity index (χ0n) is 13.2. The molecule has 24 heavy (non-hydrogen) atoms. The van der Waals surface area contributed by atoms with Gasteiger partial charge in [0.2, 0.25) is 0 Å². The molecule has 0 fully saturated rings. The van der Waals surface area contributed by atoms with E-state index in [2.05, 4.69) is 26.8 Å². The summed E-state index contributed by atoms with van der Waals surface area (Å²) in [4.78, 5) is 23.7. The normalized spacial score (nSPS) is 10.2. The highest BCUT2D eigenvalue weighted by Gasteiger charge is 2.12. The lowest BCUT2D eigenvalue weighted by Crippen LogP contribution is -2.44. The maximum absolute atomic E-state index is 13.2. The average molecular weight is 395 g/mol. The van der Waals surface area contributed by atoms with Crippen LogP contribution in [0.2, 0.25) is 0 Å². The first-order chi connectivity index (χ1) is 11.3. The van der Waals surface area contributed by atoms with Gasteiger partial charge in [0.15, 0.2) is 6.61 Å². The van der Waals surface area contributed by atoms with Crippen molar-refractivity contribution in [1.29, 1.82) is 0 Å². The summed E-state index contributed by atoms with van der Waals surface area (Å²) >= 11 is 3.15. The van der Waals surface area contributed by atoms with Crippen molar-refractivity contribution in [3.63, 3.8) is 0 Å². The molecule has 2 rings (SSSR count). The van der Waals surface area contributed by atoms with E-state index in [0.717, 1.165) is 17.2 Å². The molecule has 7 heteroatoms. The SMILES string of the molecule is Cc1cc(C)cc(OCC(=O)NNC(=O)c2cc(F)ccc2Br)c1. The van der Waals surface area contributed by atoms with Gasteiger partial charge in [0.25, 0.3) is 11.8 Å². The van der Waals surface area contributed by atoms with Crippen LogP contribution in [0.4, 0.5) is 4.39 Å². The van der Waals surface area contributed by atoms with Crippen LogP contribution in [-0.4, -0.2) is 18.4 Å². The number of carbonyl (C=O) groups is 2. The second-order valence-electron chi connectivity index (χ2n) is 5.24. The molecule has 0 aromatic heterocycles. The number of ether oxygens (including phenoxy) is 1. The van der Waals surface area contributed by atoms with E-state index in [1.54, 1.807) is 0 Å². The fourth-order valence-corrected chi connectivity index (χ4v) is 2.49. The van der Waals surface area contributed by atoms with Gasteiger partial charge in [0, 0.05) is 4.47 Å².